The van der Waals surface area contributed by atoms with E-state index in [9.17, 15) is 13.7 Å². The summed E-state index contributed by atoms with van der Waals surface area (Å²) >= 11 is 6.16. The third-order valence-electron chi connectivity index (χ3n) is 4.46. The monoisotopic (exact) mass is 466 g/mol. The van der Waals surface area contributed by atoms with Gasteiger partial charge in [-0.15, -0.1) is 0 Å². The van der Waals surface area contributed by atoms with E-state index in [1.807, 2.05) is 6.07 Å². The number of aryl methyl sites for hydroxylation is 1. The fourth-order valence-corrected chi connectivity index (χ4v) is 4.15. The van der Waals surface area contributed by atoms with E-state index in [2.05, 4.69) is 19.8 Å². The Kier molecular flexibility index (Phi) is 5.77. The normalized spacial score (nSPS) is 11.0. The molecule has 0 fully saturated rings. The Morgan fingerprint density at radius 2 is 1.91 bits per heavy atom. The van der Waals surface area contributed by atoms with Crippen LogP contribution in [0.5, 0.6) is 11.5 Å². The van der Waals surface area contributed by atoms with Crippen molar-refractivity contribution >= 4 is 27.4 Å². The van der Waals surface area contributed by atoms with Gasteiger partial charge in [0.15, 0.2) is 0 Å². The number of rotatable bonds is 6. The Hall–Kier alpha value is -3.94. The largest absolute Gasteiger partial charge is 0.455 e. The number of nitrogens with one attached hydrogen (secondary N) is 1. The van der Waals surface area contributed by atoms with E-state index in [0.29, 0.717) is 16.3 Å². The number of nitriles is 1. The molecule has 2 heterocycles. The molecule has 11 heteroatoms. The molecule has 1 N–H and O–H groups in total. The molecule has 160 valence electrons. The number of halogens is 1. The van der Waals surface area contributed by atoms with Crippen LogP contribution in [0.4, 0.5) is 5.82 Å². The number of anilines is 1. The van der Waals surface area contributed by atoms with Crippen molar-refractivity contribution in [1.29, 1.82) is 5.26 Å². The van der Waals surface area contributed by atoms with Crippen LogP contribution in [-0.2, 0) is 17.1 Å². The molecular weight excluding hydrogens is 452 g/mol. The fraction of sp³-hybridized carbons (Fsp3) is 0.0476. The van der Waals surface area contributed by atoms with Gasteiger partial charge in [-0.2, -0.15) is 10.4 Å². The van der Waals surface area contributed by atoms with Crippen molar-refractivity contribution in [2.24, 2.45) is 7.05 Å². The molecule has 0 aliphatic rings. The van der Waals surface area contributed by atoms with Crippen LogP contribution in [0, 0.1) is 11.3 Å². The molecule has 0 atom stereocenters. The average Bonchev–Trinajstić information content (AvgIpc) is 3.21. The highest BCUT2D eigenvalue weighted by molar-refractivity contribution is 7.92. The zero-order valence-corrected chi connectivity index (χ0v) is 18.2. The number of benzene rings is 2. The van der Waals surface area contributed by atoms with Gasteiger partial charge in [-0.3, -0.25) is 9.40 Å². The molecule has 2 aromatic heterocycles. The molecule has 0 bridgehead atoms. The topological polar surface area (TPSA) is 123 Å². The minimum absolute atomic E-state index is 0.0430. The lowest BCUT2D eigenvalue weighted by Gasteiger charge is -2.14. The third-order valence-corrected chi connectivity index (χ3v) is 6.05. The van der Waals surface area contributed by atoms with Crippen molar-refractivity contribution in [2.75, 3.05) is 4.72 Å². The summed E-state index contributed by atoms with van der Waals surface area (Å²) in [6, 6.07) is 14.3. The van der Waals surface area contributed by atoms with Crippen molar-refractivity contribution < 1.29 is 13.2 Å². The molecule has 2 aromatic carbocycles. The molecule has 4 aromatic rings. The summed E-state index contributed by atoms with van der Waals surface area (Å²) < 4.78 is 35.4. The minimum Gasteiger partial charge on any atom is -0.455 e. The molecule has 4 rings (SSSR count). The lowest BCUT2D eigenvalue weighted by molar-refractivity contribution is 0.481. The molecule has 0 radical (unpaired) electrons. The predicted molar refractivity (Wildman–Crippen MR) is 118 cm³/mol. The van der Waals surface area contributed by atoms with E-state index in [1.165, 1.54) is 36.8 Å². The second kappa shape index (κ2) is 8.66. The summed E-state index contributed by atoms with van der Waals surface area (Å²) in [6.45, 7) is 0. The van der Waals surface area contributed by atoms with Crippen LogP contribution in [0.15, 0.2) is 72.1 Å². The smallest absolute Gasteiger partial charge is 0.263 e. The number of ether oxygens (including phenoxy) is 1. The fourth-order valence-electron chi connectivity index (χ4n) is 2.95. The van der Waals surface area contributed by atoms with E-state index in [-0.39, 0.29) is 22.0 Å². The van der Waals surface area contributed by atoms with Gasteiger partial charge in [-0.05, 0) is 48.5 Å². The third kappa shape index (κ3) is 4.39. The summed E-state index contributed by atoms with van der Waals surface area (Å²) in [5.41, 5.74) is 1.47. The lowest BCUT2D eigenvalue weighted by Crippen LogP contribution is -2.14. The van der Waals surface area contributed by atoms with Crippen molar-refractivity contribution in [3.8, 4) is 28.8 Å². The van der Waals surface area contributed by atoms with Gasteiger partial charge in [0, 0.05) is 30.0 Å². The summed E-state index contributed by atoms with van der Waals surface area (Å²) in [5.74, 6) is 0.740. The number of hydrogen-bond acceptors (Lipinski definition) is 7. The van der Waals surface area contributed by atoms with Gasteiger partial charge in [-0.25, -0.2) is 18.4 Å². The van der Waals surface area contributed by atoms with Gasteiger partial charge in [0.1, 0.15) is 29.7 Å². The van der Waals surface area contributed by atoms with Gasteiger partial charge >= 0.3 is 0 Å². The van der Waals surface area contributed by atoms with Crippen molar-refractivity contribution in [1.82, 2.24) is 19.7 Å². The lowest BCUT2D eigenvalue weighted by atomic mass is 10.1. The van der Waals surface area contributed by atoms with Crippen LogP contribution >= 0.6 is 11.6 Å². The number of sulfonamides is 1. The van der Waals surface area contributed by atoms with Crippen LogP contribution in [0.2, 0.25) is 5.02 Å². The molecule has 0 unspecified atom stereocenters. The first-order chi connectivity index (χ1) is 15.4. The Morgan fingerprint density at radius 3 is 2.59 bits per heavy atom. The minimum atomic E-state index is -3.97. The summed E-state index contributed by atoms with van der Waals surface area (Å²) in [4.78, 5) is 7.48. The molecule has 0 aliphatic carbocycles. The zero-order valence-electron chi connectivity index (χ0n) is 16.6. The highest BCUT2D eigenvalue weighted by Crippen LogP contribution is 2.36. The maximum absolute atomic E-state index is 12.7. The van der Waals surface area contributed by atoms with E-state index < -0.39 is 10.0 Å². The first kappa shape index (κ1) is 21.3. The average molecular weight is 467 g/mol. The molecule has 0 spiro atoms. The SMILES string of the molecule is Cn1nccc1-c1cc(Cl)ccc1Oc1ccc(S(=O)(=O)Nc2ccncn2)cc1C#N. The highest BCUT2D eigenvalue weighted by Gasteiger charge is 2.19. The van der Waals surface area contributed by atoms with Crippen LogP contribution in [-0.4, -0.2) is 28.2 Å². The maximum atomic E-state index is 12.7. The Labute approximate surface area is 188 Å². The highest BCUT2D eigenvalue weighted by atomic mass is 35.5. The molecule has 32 heavy (non-hydrogen) atoms. The summed E-state index contributed by atoms with van der Waals surface area (Å²) in [6.07, 6.45) is 4.28. The van der Waals surface area contributed by atoms with Gasteiger partial charge in [-0.1, -0.05) is 11.6 Å². The molecule has 0 aliphatic heterocycles. The number of nitrogens with zero attached hydrogens (tertiary/aromatic N) is 5. The second-order valence-corrected chi connectivity index (χ2v) is 8.67. The van der Waals surface area contributed by atoms with Gasteiger partial charge < -0.3 is 4.74 Å². The van der Waals surface area contributed by atoms with Crippen molar-refractivity contribution in [3.63, 3.8) is 0 Å². The second-order valence-electron chi connectivity index (χ2n) is 6.55. The van der Waals surface area contributed by atoms with Gasteiger partial charge in [0.2, 0.25) is 0 Å². The zero-order chi connectivity index (χ0) is 22.7. The summed E-state index contributed by atoms with van der Waals surface area (Å²) in [7, 11) is -2.18. The van der Waals surface area contributed by atoms with E-state index in [1.54, 1.807) is 42.2 Å². The predicted octanol–water partition coefficient (Wildman–Crippen LogP) is 4.00. The molecule has 0 saturated carbocycles. The molecule has 9 nitrogen and oxygen atoms in total. The van der Waals surface area contributed by atoms with E-state index >= 15 is 0 Å². The molecular formula is C21H15ClN6O3S. The number of hydrogen-bond donors (Lipinski definition) is 1. The van der Waals surface area contributed by atoms with E-state index in [4.69, 9.17) is 16.3 Å². The Bertz CT molecular complexity index is 1430. The molecule has 0 saturated heterocycles. The van der Waals surface area contributed by atoms with Gasteiger partial charge in [0.05, 0.1) is 16.2 Å². The van der Waals surface area contributed by atoms with Crippen LogP contribution in [0.3, 0.4) is 0 Å². The van der Waals surface area contributed by atoms with Crippen molar-refractivity contribution in [2.45, 2.75) is 4.90 Å². The standard InChI is InChI=1S/C21H15ClN6O3S/c1-28-18(6-9-26-28)17-11-15(22)2-4-20(17)31-19-5-3-16(10-14(19)12-23)32(29,30)27-21-7-8-24-13-25-21/h2-11,13H,1H3,(H,24,25,27). The van der Waals surface area contributed by atoms with Crippen molar-refractivity contribution in [3.05, 3.63) is 77.8 Å². The maximum Gasteiger partial charge on any atom is 0.263 e. The first-order valence-corrected chi connectivity index (χ1v) is 11.0. The quantitative estimate of drug-likeness (QED) is 0.455. The van der Waals surface area contributed by atoms with E-state index in [0.717, 1.165) is 5.69 Å². The van der Waals surface area contributed by atoms with Crippen LogP contribution in [0.25, 0.3) is 11.3 Å². The Morgan fingerprint density at radius 1 is 1.09 bits per heavy atom. The van der Waals surface area contributed by atoms with Crippen LogP contribution < -0.4 is 9.46 Å². The van der Waals surface area contributed by atoms with Gasteiger partial charge in [0.25, 0.3) is 10.0 Å². The molecule has 0 amide bonds. The number of aromatic nitrogens is 4. The van der Waals surface area contributed by atoms with Crippen LogP contribution in [0.1, 0.15) is 5.56 Å². The first-order valence-electron chi connectivity index (χ1n) is 9.16. The Balaban J connectivity index is 1.69. The summed E-state index contributed by atoms with van der Waals surface area (Å²) in [5, 5.41) is 14.3.